The molecule has 1 aliphatic rings. The summed E-state index contributed by atoms with van der Waals surface area (Å²) < 4.78 is 10.1. The number of rotatable bonds is 5. The van der Waals surface area contributed by atoms with Crippen LogP contribution < -0.4 is 4.90 Å². The van der Waals surface area contributed by atoms with Crippen LogP contribution >= 0.6 is 0 Å². The van der Waals surface area contributed by atoms with E-state index in [1.807, 2.05) is 49.9 Å². The lowest BCUT2D eigenvalue weighted by Gasteiger charge is -2.37. The minimum atomic E-state index is -0.693. The summed E-state index contributed by atoms with van der Waals surface area (Å²) in [5.41, 5.74) is 2.06. The Kier molecular flexibility index (Phi) is 6.18. The van der Waals surface area contributed by atoms with Crippen LogP contribution in [-0.2, 0) is 19.1 Å². The highest BCUT2D eigenvalue weighted by molar-refractivity contribution is 6.14. The van der Waals surface area contributed by atoms with E-state index in [-0.39, 0.29) is 18.8 Å². The third-order valence-corrected chi connectivity index (χ3v) is 4.04. The number of benzene rings is 1. The fourth-order valence-electron chi connectivity index (χ4n) is 3.02. The van der Waals surface area contributed by atoms with E-state index in [0.29, 0.717) is 6.42 Å². The van der Waals surface area contributed by atoms with Crippen LogP contribution in [0.5, 0.6) is 0 Å². The third kappa shape index (κ3) is 4.31. The highest BCUT2D eigenvalue weighted by atomic mass is 16.6. The topological polar surface area (TPSA) is 68.2 Å². The standard InChI is InChI=1S/C20H26N2O4/c1-6-25-18(23)15(19(24)26-7-2)13-22-17-11-9-8-10-16(17)21-14(3)12-20(22,4)5/h8-11,13H,6-7,12H2,1-5H3. The Labute approximate surface area is 154 Å². The zero-order valence-corrected chi connectivity index (χ0v) is 16.0. The van der Waals surface area contributed by atoms with E-state index in [1.54, 1.807) is 13.8 Å². The number of anilines is 1. The van der Waals surface area contributed by atoms with Gasteiger partial charge in [-0.2, -0.15) is 0 Å². The Morgan fingerprint density at radius 3 is 2.31 bits per heavy atom. The first-order valence-corrected chi connectivity index (χ1v) is 8.78. The number of ether oxygens (including phenoxy) is 2. The number of para-hydroxylation sites is 2. The molecule has 0 saturated carbocycles. The molecule has 0 aliphatic carbocycles. The molecule has 6 heteroatoms. The Bertz CT molecular complexity index is 730. The van der Waals surface area contributed by atoms with Gasteiger partial charge in [-0.3, -0.25) is 4.99 Å². The average molecular weight is 358 g/mol. The number of carbonyl (C=O) groups is 2. The maximum atomic E-state index is 12.4. The summed E-state index contributed by atoms with van der Waals surface area (Å²) in [6.07, 6.45) is 2.21. The summed E-state index contributed by atoms with van der Waals surface area (Å²) in [6, 6.07) is 7.65. The largest absolute Gasteiger partial charge is 0.462 e. The van der Waals surface area contributed by atoms with Crippen LogP contribution in [0.4, 0.5) is 11.4 Å². The second-order valence-corrected chi connectivity index (χ2v) is 6.68. The van der Waals surface area contributed by atoms with Crippen molar-refractivity contribution in [2.45, 2.75) is 46.6 Å². The van der Waals surface area contributed by atoms with Crippen LogP contribution in [0.25, 0.3) is 0 Å². The Morgan fingerprint density at radius 1 is 1.15 bits per heavy atom. The van der Waals surface area contributed by atoms with Gasteiger partial charge in [0.25, 0.3) is 0 Å². The summed E-state index contributed by atoms with van der Waals surface area (Å²) in [6.45, 7) is 9.81. The molecule has 0 radical (unpaired) electrons. The molecule has 0 bridgehead atoms. The van der Waals surface area contributed by atoms with E-state index in [4.69, 9.17) is 9.47 Å². The maximum Gasteiger partial charge on any atom is 0.347 e. The van der Waals surface area contributed by atoms with Crippen molar-refractivity contribution < 1.29 is 19.1 Å². The van der Waals surface area contributed by atoms with Gasteiger partial charge in [-0.25, -0.2) is 9.59 Å². The highest BCUT2D eigenvalue weighted by Gasteiger charge is 2.33. The van der Waals surface area contributed by atoms with Gasteiger partial charge in [-0.1, -0.05) is 12.1 Å². The van der Waals surface area contributed by atoms with Crippen molar-refractivity contribution in [1.29, 1.82) is 0 Å². The molecule has 1 aromatic carbocycles. The number of hydrogen-bond donors (Lipinski definition) is 0. The molecule has 1 aromatic rings. The van der Waals surface area contributed by atoms with Crippen molar-refractivity contribution in [2.75, 3.05) is 18.1 Å². The summed E-state index contributed by atoms with van der Waals surface area (Å²) >= 11 is 0. The molecular formula is C20H26N2O4. The number of aliphatic imine (C=N–C) groups is 1. The van der Waals surface area contributed by atoms with E-state index < -0.39 is 17.5 Å². The molecule has 0 amide bonds. The van der Waals surface area contributed by atoms with Gasteiger partial charge in [0.2, 0.25) is 0 Å². The Hall–Kier alpha value is -2.63. The van der Waals surface area contributed by atoms with Gasteiger partial charge in [0.15, 0.2) is 5.57 Å². The number of hydrogen-bond acceptors (Lipinski definition) is 6. The minimum absolute atomic E-state index is 0.129. The summed E-state index contributed by atoms with van der Waals surface area (Å²) in [4.78, 5) is 31.3. The monoisotopic (exact) mass is 358 g/mol. The molecule has 0 fully saturated rings. The van der Waals surface area contributed by atoms with Crippen molar-refractivity contribution in [1.82, 2.24) is 0 Å². The second-order valence-electron chi connectivity index (χ2n) is 6.68. The quantitative estimate of drug-likeness (QED) is 0.347. The predicted octanol–water partition coefficient (Wildman–Crippen LogP) is 3.78. The van der Waals surface area contributed by atoms with E-state index in [9.17, 15) is 9.59 Å². The first-order chi connectivity index (χ1) is 12.3. The van der Waals surface area contributed by atoms with E-state index in [1.165, 1.54) is 6.20 Å². The molecule has 2 rings (SSSR count). The molecule has 26 heavy (non-hydrogen) atoms. The summed E-state index contributed by atoms with van der Waals surface area (Å²) in [5.74, 6) is -1.39. The fourth-order valence-corrected chi connectivity index (χ4v) is 3.02. The van der Waals surface area contributed by atoms with Crippen molar-refractivity contribution >= 4 is 29.0 Å². The number of fused-ring (bicyclic) bond motifs is 1. The van der Waals surface area contributed by atoms with Gasteiger partial charge < -0.3 is 14.4 Å². The lowest BCUT2D eigenvalue weighted by Crippen LogP contribution is -2.42. The van der Waals surface area contributed by atoms with Crippen molar-refractivity contribution in [3.63, 3.8) is 0 Å². The highest BCUT2D eigenvalue weighted by Crippen LogP contribution is 2.38. The third-order valence-electron chi connectivity index (χ3n) is 4.04. The van der Waals surface area contributed by atoms with Crippen LogP contribution in [0.1, 0.15) is 41.0 Å². The number of esters is 2. The number of nitrogens with zero attached hydrogens (tertiary/aromatic N) is 2. The lowest BCUT2D eigenvalue weighted by molar-refractivity contribution is -0.146. The molecule has 0 spiro atoms. The fraction of sp³-hybridized carbons (Fsp3) is 0.450. The van der Waals surface area contributed by atoms with Gasteiger partial charge in [0.05, 0.1) is 24.6 Å². The van der Waals surface area contributed by atoms with Gasteiger partial charge in [0.1, 0.15) is 0 Å². The second kappa shape index (κ2) is 8.17. The SMILES string of the molecule is CCOC(=O)C(=CN1c2ccccc2N=C(C)CC1(C)C)C(=O)OCC. The molecule has 6 nitrogen and oxygen atoms in total. The first-order valence-electron chi connectivity index (χ1n) is 8.78. The Balaban J connectivity index is 2.59. The molecule has 0 atom stereocenters. The molecule has 0 unspecified atom stereocenters. The molecule has 1 aliphatic heterocycles. The molecule has 140 valence electrons. The smallest absolute Gasteiger partial charge is 0.347 e. The van der Waals surface area contributed by atoms with Crippen molar-refractivity contribution in [3.8, 4) is 0 Å². The number of carbonyl (C=O) groups excluding carboxylic acids is 2. The van der Waals surface area contributed by atoms with E-state index in [0.717, 1.165) is 17.1 Å². The zero-order valence-electron chi connectivity index (χ0n) is 16.0. The van der Waals surface area contributed by atoms with Gasteiger partial charge in [-0.15, -0.1) is 0 Å². The zero-order chi connectivity index (χ0) is 19.3. The minimum Gasteiger partial charge on any atom is -0.462 e. The van der Waals surface area contributed by atoms with E-state index >= 15 is 0 Å². The van der Waals surface area contributed by atoms with Crippen LogP contribution in [0.15, 0.2) is 41.0 Å². The van der Waals surface area contributed by atoms with Gasteiger partial charge >= 0.3 is 11.9 Å². The summed E-state index contributed by atoms with van der Waals surface area (Å²) in [5, 5.41) is 0. The van der Waals surface area contributed by atoms with Gasteiger partial charge in [0, 0.05) is 23.9 Å². The predicted molar refractivity (Wildman–Crippen MR) is 102 cm³/mol. The van der Waals surface area contributed by atoms with Gasteiger partial charge in [-0.05, 0) is 46.8 Å². The van der Waals surface area contributed by atoms with Crippen LogP contribution in [0, 0.1) is 0 Å². The Morgan fingerprint density at radius 2 is 1.73 bits per heavy atom. The molecule has 0 N–H and O–H groups in total. The normalized spacial score (nSPS) is 15.3. The molecule has 0 saturated heterocycles. The van der Waals surface area contributed by atoms with Crippen LogP contribution in [0.3, 0.4) is 0 Å². The van der Waals surface area contributed by atoms with Crippen molar-refractivity contribution in [2.24, 2.45) is 4.99 Å². The molecule has 1 heterocycles. The van der Waals surface area contributed by atoms with Crippen LogP contribution in [0.2, 0.25) is 0 Å². The average Bonchev–Trinajstić information content (AvgIpc) is 2.65. The molecule has 0 aromatic heterocycles. The summed E-state index contributed by atoms with van der Waals surface area (Å²) in [7, 11) is 0. The molecular weight excluding hydrogens is 332 g/mol. The maximum absolute atomic E-state index is 12.4. The van der Waals surface area contributed by atoms with Crippen molar-refractivity contribution in [3.05, 3.63) is 36.0 Å². The van der Waals surface area contributed by atoms with E-state index in [2.05, 4.69) is 4.99 Å². The van der Waals surface area contributed by atoms with Crippen LogP contribution in [-0.4, -0.2) is 36.4 Å². The first kappa shape index (κ1) is 19.7. The lowest BCUT2D eigenvalue weighted by atomic mass is 9.95.